The molecule has 10 nitrogen and oxygen atoms in total. The lowest BCUT2D eigenvalue weighted by molar-refractivity contribution is 0.0600. The van der Waals surface area contributed by atoms with Crippen molar-refractivity contribution in [1.82, 2.24) is 19.3 Å². The van der Waals surface area contributed by atoms with E-state index in [9.17, 15) is 14.4 Å². The zero-order valence-electron chi connectivity index (χ0n) is 14.5. The summed E-state index contributed by atoms with van der Waals surface area (Å²) < 4.78 is 12.9. The zero-order valence-corrected chi connectivity index (χ0v) is 14.5. The first kappa shape index (κ1) is 17.0. The van der Waals surface area contributed by atoms with Crippen molar-refractivity contribution >= 4 is 22.9 Å². The number of fused-ring (bicyclic) bond motifs is 1. The molecule has 4 rings (SSSR count). The van der Waals surface area contributed by atoms with Crippen LogP contribution in [0.1, 0.15) is 39.7 Å². The molecule has 0 aliphatic heterocycles. The first-order chi connectivity index (χ1) is 13.0. The van der Waals surface area contributed by atoms with E-state index >= 15 is 0 Å². The van der Waals surface area contributed by atoms with Crippen molar-refractivity contribution in [3.8, 4) is 0 Å². The van der Waals surface area contributed by atoms with Gasteiger partial charge in [-0.1, -0.05) is 5.16 Å². The molecule has 2 N–H and O–H groups in total. The molecule has 0 saturated heterocycles. The number of primary amides is 1. The maximum absolute atomic E-state index is 13.0. The predicted molar refractivity (Wildman–Crippen MR) is 92.2 cm³/mol. The van der Waals surface area contributed by atoms with E-state index in [4.69, 9.17) is 15.0 Å². The van der Waals surface area contributed by atoms with Gasteiger partial charge in [0.2, 0.25) is 5.89 Å². The van der Waals surface area contributed by atoms with E-state index in [-0.39, 0.29) is 23.9 Å². The quantitative estimate of drug-likeness (QED) is 0.624. The van der Waals surface area contributed by atoms with E-state index < -0.39 is 11.9 Å². The minimum absolute atomic E-state index is 0.0437. The Bertz CT molecular complexity index is 1100. The molecule has 1 fully saturated rings. The fraction of sp³-hybridized carbons (Fsp3) is 0.353. The number of hydrogen-bond acceptors (Lipinski definition) is 7. The van der Waals surface area contributed by atoms with Gasteiger partial charge in [-0.15, -0.1) is 0 Å². The number of amides is 1. The van der Waals surface area contributed by atoms with Crippen molar-refractivity contribution in [2.24, 2.45) is 11.7 Å². The topological polar surface area (TPSA) is 135 Å². The average molecular weight is 371 g/mol. The van der Waals surface area contributed by atoms with E-state index in [2.05, 4.69) is 10.1 Å². The molecule has 140 valence electrons. The summed E-state index contributed by atoms with van der Waals surface area (Å²) >= 11 is 0. The first-order valence-corrected chi connectivity index (χ1v) is 8.41. The van der Waals surface area contributed by atoms with Crippen LogP contribution < -0.4 is 11.4 Å². The van der Waals surface area contributed by atoms with E-state index in [1.165, 1.54) is 11.7 Å². The van der Waals surface area contributed by atoms with Crippen LogP contribution in [0.5, 0.6) is 0 Å². The highest BCUT2D eigenvalue weighted by molar-refractivity contribution is 5.93. The molecule has 2 aromatic heterocycles. The number of aromatic nitrogens is 4. The van der Waals surface area contributed by atoms with Gasteiger partial charge in [-0.05, 0) is 37.0 Å². The zero-order chi connectivity index (χ0) is 19.1. The third-order valence-electron chi connectivity index (χ3n) is 4.56. The Labute approximate surface area is 152 Å². The van der Waals surface area contributed by atoms with E-state index in [0.29, 0.717) is 29.1 Å². The number of benzene rings is 1. The third kappa shape index (κ3) is 3.09. The third-order valence-corrected chi connectivity index (χ3v) is 4.56. The molecule has 1 saturated carbocycles. The number of methoxy groups -OCH3 is 1. The lowest BCUT2D eigenvalue weighted by atomic mass is 10.2. The molecule has 0 atom stereocenters. The Morgan fingerprint density at radius 3 is 2.70 bits per heavy atom. The summed E-state index contributed by atoms with van der Waals surface area (Å²) in [6, 6.07) is 4.95. The van der Waals surface area contributed by atoms with E-state index in [1.54, 1.807) is 22.8 Å². The molecule has 1 amide bonds. The SMILES string of the molecule is COC(=O)c1ccc2c(c1)n(Cc1nc(C(N)=O)no1)c(=O)n2CC1CC1. The van der Waals surface area contributed by atoms with Gasteiger partial charge in [-0.3, -0.25) is 13.9 Å². The number of carbonyl (C=O) groups is 2. The molecule has 1 aliphatic carbocycles. The van der Waals surface area contributed by atoms with Gasteiger partial charge in [-0.25, -0.2) is 9.59 Å². The minimum atomic E-state index is -0.818. The van der Waals surface area contributed by atoms with Gasteiger partial charge in [0.05, 0.1) is 23.7 Å². The minimum Gasteiger partial charge on any atom is -0.465 e. The van der Waals surface area contributed by atoms with Gasteiger partial charge >= 0.3 is 11.7 Å². The fourth-order valence-corrected chi connectivity index (χ4v) is 3.01. The Morgan fingerprint density at radius 1 is 1.30 bits per heavy atom. The lowest BCUT2D eigenvalue weighted by Gasteiger charge is -2.03. The van der Waals surface area contributed by atoms with Crippen LogP contribution in [0.2, 0.25) is 0 Å². The number of nitrogens with two attached hydrogens (primary N) is 1. The summed E-state index contributed by atoms with van der Waals surface area (Å²) in [6.45, 7) is 0.564. The number of nitrogens with zero attached hydrogens (tertiary/aromatic N) is 4. The van der Waals surface area contributed by atoms with Crippen LogP contribution in [0, 0.1) is 5.92 Å². The molecule has 1 aromatic carbocycles. The highest BCUT2D eigenvalue weighted by Crippen LogP contribution is 2.31. The van der Waals surface area contributed by atoms with Crippen LogP contribution in [0.4, 0.5) is 0 Å². The Balaban J connectivity index is 1.82. The molecular formula is C17H17N5O5. The predicted octanol–water partition coefficient (Wildman–Crippen LogP) is 0.530. The number of imidazole rings is 1. The molecule has 27 heavy (non-hydrogen) atoms. The van der Waals surface area contributed by atoms with Gasteiger partial charge in [0.25, 0.3) is 11.7 Å². The number of carbonyl (C=O) groups excluding carboxylic acids is 2. The number of rotatable bonds is 6. The van der Waals surface area contributed by atoms with Crippen molar-refractivity contribution in [2.45, 2.75) is 25.9 Å². The second-order valence-corrected chi connectivity index (χ2v) is 6.49. The van der Waals surface area contributed by atoms with Crippen molar-refractivity contribution in [3.63, 3.8) is 0 Å². The second kappa shape index (κ2) is 6.38. The summed E-state index contributed by atoms with van der Waals surface area (Å²) in [7, 11) is 1.29. The maximum Gasteiger partial charge on any atom is 0.337 e. The summed E-state index contributed by atoms with van der Waals surface area (Å²) in [5.41, 5.74) is 6.45. The summed E-state index contributed by atoms with van der Waals surface area (Å²) in [4.78, 5) is 39.9. The lowest BCUT2D eigenvalue weighted by Crippen LogP contribution is -2.25. The van der Waals surface area contributed by atoms with Crippen molar-refractivity contribution < 1.29 is 18.8 Å². The molecule has 2 heterocycles. The fourth-order valence-electron chi connectivity index (χ4n) is 3.01. The smallest absolute Gasteiger partial charge is 0.337 e. The summed E-state index contributed by atoms with van der Waals surface area (Å²) in [5.74, 6) is -1.03. The molecule has 0 spiro atoms. The Hall–Kier alpha value is -3.43. The van der Waals surface area contributed by atoms with Crippen LogP contribution in [0.15, 0.2) is 27.5 Å². The molecule has 1 aliphatic rings. The first-order valence-electron chi connectivity index (χ1n) is 8.41. The van der Waals surface area contributed by atoms with Crippen LogP contribution in [-0.2, 0) is 17.8 Å². The van der Waals surface area contributed by atoms with Crippen LogP contribution in [0.3, 0.4) is 0 Å². The second-order valence-electron chi connectivity index (χ2n) is 6.49. The highest BCUT2D eigenvalue weighted by atomic mass is 16.5. The van der Waals surface area contributed by atoms with Gasteiger partial charge in [0.15, 0.2) is 0 Å². The Morgan fingerprint density at radius 2 is 2.07 bits per heavy atom. The normalized spacial score (nSPS) is 13.8. The van der Waals surface area contributed by atoms with Crippen LogP contribution in [0.25, 0.3) is 11.0 Å². The maximum atomic E-state index is 13.0. The van der Waals surface area contributed by atoms with Gasteiger partial charge in [0, 0.05) is 6.54 Å². The van der Waals surface area contributed by atoms with Gasteiger partial charge in [0.1, 0.15) is 6.54 Å². The number of hydrogen-bond donors (Lipinski definition) is 1. The highest BCUT2D eigenvalue weighted by Gasteiger charge is 2.26. The van der Waals surface area contributed by atoms with Crippen molar-refractivity contribution in [1.29, 1.82) is 0 Å². The Kier molecular flexibility index (Phi) is 4.02. The van der Waals surface area contributed by atoms with Crippen molar-refractivity contribution in [3.05, 3.63) is 46.0 Å². The summed E-state index contributed by atoms with van der Waals surface area (Å²) in [6.07, 6.45) is 2.18. The van der Waals surface area contributed by atoms with Crippen molar-refractivity contribution in [2.75, 3.05) is 7.11 Å². The standard InChI is InChI=1S/C17H17N5O5/c1-26-16(24)10-4-5-11-12(6-10)22(17(25)21(11)7-9-2-3-9)8-13-19-15(14(18)23)20-27-13/h4-6,9H,2-3,7-8H2,1H3,(H2,18,23). The molecule has 3 aromatic rings. The molecule has 0 unspecified atom stereocenters. The summed E-state index contributed by atoms with van der Waals surface area (Å²) in [5, 5.41) is 3.49. The largest absolute Gasteiger partial charge is 0.465 e. The van der Waals surface area contributed by atoms with Gasteiger partial charge < -0.3 is 15.0 Å². The van der Waals surface area contributed by atoms with Crippen LogP contribution in [-0.4, -0.2) is 38.3 Å². The molecule has 0 radical (unpaired) electrons. The van der Waals surface area contributed by atoms with E-state index in [0.717, 1.165) is 12.8 Å². The number of ether oxygens (including phenoxy) is 1. The number of esters is 1. The molecule has 0 bridgehead atoms. The molecule has 10 heteroatoms. The van der Waals surface area contributed by atoms with E-state index in [1.807, 2.05) is 0 Å². The monoisotopic (exact) mass is 371 g/mol. The molecular weight excluding hydrogens is 354 g/mol. The van der Waals surface area contributed by atoms with Crippen LogP contribution >= 0.6 is 0 Å². The average Bonchev–Trinajstić information content (AvgIpc) is 3.30. The van der Waals surface area contributed by atoms with Gasteiger partial charge in [-0.2, -0.15) is 4.98 Å².